The Morgan fingerprint density at radius 2 is 1.47 bits per heavy atom. The number of pyridine rings is 1. The smallest absolute Gasteiger partial charge is 0.0597 e. The maximum Gasteiger partial charge on any atom is 0.0597 e. The molecular formula is C30H38IrNO2-. The van der Waals surface area contributed by atoms with Crippen LogP contribution in [0.25, 0.3) is 22.2 Å². The van der Waals surface area contributed by atoms with Gasteiger partial charge in [-0.2, -0.15) is 0 Å². The van der Waals surface area contributed by atoms with Gasteiger partial charge in [0.1, 0.15) is 0 Å². The largest absolute Gasteiger partial charge is 0.393 e. The van der Waals surface area contributed by atoms with Crippen LogP contribution < -0.4 is 0 Å². The zero-order chi connectivity index (χ0) is 23.4. The molecular weight excluding hydrogens is 599 g/mol. The molecule has 1 heterocycles. The molecule has 1 radical (unpaired) electrons. The summed E-state index contributed by atoms with van der Waals surface area (Å²) in [5.74, 6) is 0.769. The quantitative estimate of drug-likeness (QED) is 0.292. The second-order valence-corrected chi connectivity index (χ2v) is 10.1. The fourth-order valence-electron chi connectivity index (χ4n) is 5.81. The number of aliphatic hydroxyl groups is 2. The number of hydrogen-bond donors (Lipinski definition) is 2. The minimum atomic E-state index is -0.240. The zero-order valence-corrected chi connectivity index (χ0v) is 23.1. The number of aliphatic hydroxyl groups excluding tert-OH is 2. The van der Waals surface area contributed by atoms with Crippen LogP contribution in [0.2, 0.25) is 0 Å². The van der Waals surface area contributed by atoms with Crippen molar-refractivity contribution in [2.45, 2.75) is 84.3 Å². The van der Waals surface area contributed by atoms with Gasteiger partial charge in [-0.3, -0.25) is 4.98 Å². The van der Waals surface area contributed by atoms with Crippen molar-refractivity contribution in [2.24, 2.45) is 11.8 Å². The first-order valence-electron chi connectivity index (χ1n) is 12.7. The minimum Gasteiger partial charge on any atom is -0.393 e. The third-order valence-corrected chi connectivity index (χ3v) is 7.46. The molecule has 0 aliphatic heterocycles. The average Bonchev–Trinajstić information content (AvgIpc) is 3.08. The Bertz CT molecular complexity index is 1040. The van der Waals surface area contributed by atoms with Gasteiger partial charge in [-0.05, 0) is 55.8 Å². The summed E-state index contributed by atoms with van der Waals surface area (Å²) in [5.41, 5.74) is 6.77. The van der Waals surface area contributed by atoms with Crippen LogP contribution in [0.1, 0.15) is 68.1 Å². The van der Waals surface area contributed by atoms with E-state index >= 15 is 0 Å². The van der Waals surface area contributed by atoms with Gasteiger partial charge in [-0.15, -0.1) is 34.9 Å². The molecule has 3 nitrogen and oxygen atoms in total. The summed E-state index contributed by atoms with van der Waals surface area (Å²) in [6.45, 7) is 6.30. The van der Waals surface area contributed by atoms with Crippen molar-refractivity contribution in [3.63, 3.8) is 0 Å². The van der Waals surface area contributed by atoms with Crippen molar-refractivity contribution < 1.29 is 30.3 Å². The molecule has 1 aromatic heterocycles. The number of nitrogens with zero attached hydrogens (tertiary/aromatic N) is 1. The van der Waals surface area contributed by atoms with Gasteiger partial charge in [-0.1, -0.05) is 63.8 Å². The second-order valence-electron chi connectivity index (χ2n) is 10.1. The van der Waals surface area contributed by atoms with Crippen molar-refractivity contribution in [3.8, 4) is 11.3 Å². The van der Waals surface area contributed by atoms with Crippen molar-refractivity contribution in [1.29, 1.82) is 0 Å². The number of benzene rings is 2. The molecule has 0 bridgehead atoms. The van der Waals surface area contributed by atoms with Crippen LogP contribution in [-0.2, 0) is 20.1 Å². The van der Waals surface area contributed by atoms with Crippen LogP contribution in [0.3, 0.4) is 0 Å². The third kappa shape index (κ3) is 6.55. The Labute approximate surface area is 218 Å². The SMILES string of the molecule is Cc1[c-]c(-c2ccc3c(C)cccc3n2)cc(C)c1.OC1CCCCC2CCCCC(O)C12.[Ir]. The van der Waals surface area contributed by atoms with Gasteiger partial charge < -0.3 is 10.2 Å². The number of rotatable bonds is 1. The molecule has 2 N–H and O–H groups in total. The van der Waals surface area contributed by atoms with Gasteiger partial charge in [0.2, 0.25) is 0 Å². The maximum atomic E-state index is 10.0. The van der Waals surface area contributed by atoms with Gasteiger partial charge in [0.05, 0.1) is 17.7 Å². The van der Waals surface area contributed by atoms with Crippen LogP contribution in [-0.4, -0.2) is 27.4 Å². The molecule has 2 saturated carbocycles. The van der Waals surface area contributed by atoms with Gasteiger partial charge in [-0.25, -0.2) is 0 Å². The minimum absolute atomic E-state index is 0. The predicted molar refractivity (Wildman–Crippen MR) is 136 cm³/mol. The average molecular weight is 637 g/mol. The molecule has 2 fully saturated rings. The van der Waals surface area contributed by atoms with Crippen molar-refractivity contribution in [3.05, 3.63) is 65.2 Å². The van der Waals surface area contributed by atoms with E-state index in [2.05, 4.69) is 69.3 Å². The van der Waals surface area contributed by atoms with E-state index < -0.39 is 0 Å². The van der Waals surface area contributed by atoms with Crippen LogP contribution in [0.15, 0.2) is 42.5 Å². The van der Waals surface area contributed by atoms with Crippen LogP contribution >= 0.6 is 0 Å². The number of aryl methyl sites for hydroxylation is 3. The monoisotopic (exact) mass is 637 g/mol. The molecule has 0 saturated heterocycles. The summed E-state index contributed by atoms with van der Waals surface area (Å²) in [7, 11) is 0. The molecule has 34 heavy (non-hydrogen) atoms. The number of aromatic nitrogens is 1. The summed E-state index contributed by atoms with van der Waals surface area (Å²) in [6, 6.07) is 18.1. The molecule has 2 unspecified atom stereocenters. The van der Waals surface area contributed by atoms with E-state index in [1.807, 2.05) is 0 Å². The first-order valence-corrected chi connectivity index (χ1v) is 12.7. The summed E-state index contributed by atoms with van der Waals surface area (Å²) < 4.78 is 0. The molecule has 3 aromatic rings. The molecule has 2 aliphatic rings. The number of hydrogen-bond acceptors (Lipinski definition) is 3. The Kier molecular flexibility index (Phi) is 9.85. The Morgan fingerprint density at radius 3 is 2.12 bits per heavy atom. The molecule has 0 spiro atoms. The molecule has 2 aliphatic carbocycles. The fraction of sp³-hybridized carbons (Fsp3) is 0.500. The van der Waals surface area contributed by atoms with E-state index in [0.29, 0.717) is 5.92 Å². The van der Waals surface area contributed by atoms with E-state index in [-0.39, 0.29) is 38.2 Å². The maximum absolute atomic E-state index is 10.0. The summed E-state index contributed by atoms with van der Waals surface area (Å²) >= 11 is 0. The van der Waals surface area contributed by atoms with Crippen molar-refractivity contribution in [1.82, 2.24) is 4.98 Å². The fourth-order valence-corrected chi connectivity index (χ4v) is 5.81. The first-order chi connectivity index (χ1) is 15.9. The normalized spacial score (nSPS) is 24.6. The van der Waals surface area contributed by atoms with Gasteiger partial charge in [0, 0.05) is 31.4 Å². The van der Waals surface area contributed by atoms with Crippen molar-refractivity contribution in [2.75, 3.05) is 0 Å². The van der Waals surface area contributed by atoms with E-state index in [9.17, 15) is 10.2 Å². The first kappa shape index (κ1) is 27.0. The van der Waals surface area contributed by atoms with E-state index in [0.717, 1.165) is 48.0 Å². The zero-order valence-electron chi connectivity index (χ0n) is 20.7. The van der Waals surface area contributed by atoms with Crippen LogP contribution in [0, 0.1) is 38.7 Å². The Morgan fingerprint density at radius 1 is 0.824 bits per heavy atom. The molecule has 5 rings (SSSR count). The topological polar surface area (TPSA) is 53.4 Å². The Hall–Kier alpha value is -1.58. The molecule has 0 amide bonds. The second kappa shape index (κ2) is 12.4. The van der Waals surface area contributed by atoms with E-state index in [4.69, 9.17) is 4.98 Å². The molecule has 2 atom stereocenters. The van der Waals surface area contributed by atoms with Gasteiger partial charge >= 0.3 is 0 Å². The van der Waals surface area contributed by atoms with Gasteiger partial charge in [0.15, 0.2) is 0 Å². The summed E-state index contributed by atoms with van der Waals surface area (Å²) in [4.78, 5) is 4.76. The standard InChI is InChI=1S/C18H16N.C12H22O2.Ir/c1-12-9-13(2)11-15(10-12)17-8-7-16-14(3)5-4-6-18(16)19-17;13-10-7-3-1-5-9-6-2-4-8-11(14)12(9)10;/h4-10H,1-3H3;9-14H,1-8H2;/q-1;;. The molecule has 4 heteroatoms. The summed E-state index contributed by atoms with van der Waals surface area (Å²) in [6.07, 6.45) is 8.53. The van der Waals surface area contributed by atoms with Crippen molar-refractivity contribution >= 4 is 10.9 Å². The summed E-state index contributed by atoms with van der Waals surface area (Å²) in [5, 5.41) is 21.3. The Balaban J connectivity index is 0.000000193. The third-order valence-electron chi connectivity index (χ3n) is 7.46. The number of fused-ring (bicyclic) bond motifs is 2. The predicted octanol–water partition coefficient (Wildman–Crippen LogP) is 6.71. The van der Waals surface area contributed by atoms with E-state index in [1.165, 1.54) is 42.2 Å². The van der Waals surface area contributed by atoms with Crippen LogP contribution in [0.5, 0.6) is 0 Å². The molecule has 2 aromatic carbocycles. The van der Waals surface area contributed by atoms with E-state index in [1.54, 1.807) is 0 Å². The van der Waals surface area contributed by atoms with Crippen LogP contribution in [0.4, 0.5) is 0 Å². The molecule has 185 valence electrons. The van der Waals surface area contributed by atoms with Gasteiger partial charge in [0.25, 0.3) is 0 Å².